The smallest absolute Gasteiger partial charge is 0.243 e. The van der Waals surface area contributed by atoms with Crippen molar-refractivity contribution in [3.05, 3.63) is 76.5 Å². The second-order valence-electron chi connectivity index (χ2n) is 6.97. The van der Waals surface area contributed by atoms with Gasteiger partial charge in [0.25, 0.3) is 0 Å². The largest absolute Gasteiger partial charge is 0.486 e. The monoisotopic (exact) mass is 447 g/mol. The highest BCUT2D eigenvalue weighted by Gasteiger charge is 2.28. The predicted molar refractivity (Wildman–Crippen MR) is 113 cm³/mol. The zero-order valence-corrected chi connectivity index (χ0v) is 17.9. The first-order chi connectivity index (χ1) is 14.5. The lowest BCUT2D eigenvalue weighted by Crippen LogP contribution is -2.48. The summed E-state index contributed by atoms with van der Waals surface area (Å²) in [5.74, 6) is 0.305. The Kier molecular flexibility index (Phi) is 6.43. The van der Waals surface area contributed by atoms with E-state index >= 15 is 0 Å². The molecule has 30 heavy (non-hydrogen) atoms. The molecule has 0 N–H and O–H groups in total. The maximum Gasteiger partial charge on any atom is 0.243 e. The van der Waals surface area contributed by atoms with Crippen molar-refractivity contribution in [1.29, 1.82) is 0 Å². The number of halogens is 1. The Morgan fingerprint density at radius 2 is 1.70 bits per heavy atom. The second kappa shape index (κ2) is 9.22. The van der Waals surface area contributed by atoms with Crippen LogP contribution in [0.15, 0.2) is 64.9 Å². The topological polar surface area (TPSA) is 62.7 Å². The molecule has 9 heteroatoms. The van der Waals surface area contributed by atoms with Crippen LogP contribution >= 0.6 is 11.3 Å². The van der Waals surface area contributed by atoms with Gasteiger partial charge < -0.3 is 4.74 Å². The van der Waals surface area contributed by atoms with Crippen LogP contribution in [0.5, 0.6) is 5.75 Å². The van der Waals surface area contributed by atoms with Gasteiger partial charge in [0.15, 0.2) is 0 Å². The normalized spacial score (nSPS) is 15.9. The summed E-state index contributed by atoms with van der Waals surface area (Å²) in [6.45, 7) is 3.24. The van der Waals surface area contributed by atoms with E-state index in [0.717, 1.165) is 10.7 Å². The van der Waals surface area contributed by atoms with E-state index in [1.807, 2.05) is 11.4 Å². The Morgan fingerprint density at radius 3 is 2.40 bits per heavy atom. The third kappa shape index (κ3) is 5.04. The average molecular weight is 448 g/mol. The van der Waals surface area contributed by atoms with E-state index in [0.29, 0.717) is 50.0 Å². The van der Waals surface area contributed by atoms with Gasteiger partial charge in [0, 0.05) is 38.1 Å². The van der Waals surface area contributed by atoms with Gasteiger partial charge in [0.2, 0.25) is 10.0 Å². The number of hydrogen-bond acceptors (Lipinski definition) is 6. The fraction of sp³-hybridized carbons (Fsp3) is 0.286. The maximum absolute atomic E-state index is 12.9. The molecule has 0 radical (unpaired) electrons. The van der Waals surface area contributed by atoms with Gasteiger partial charge in [0.1, 0.15) is 23.2 Å². The Hall–Kier alpha value is -2.33. The number of aromatic nitrogens is 1. The van der Waals surface area contributed by atoms with Crippen LogP contribution in [0, 0.1) is 5.82 Å². The lowest BCUT2D eigenvalue weighted by atomic mass is 10.3. The minimum Gasteiger partial charge on any atom is -0.486 e. The van der Waals surface area contributed by atoms with E-state index in [4.69, 9.17) is 4.74 Å². The van der Waals surface area contributed by atoms with Gasteiger partial charge in [-0.05, 0) is 36.4 Å². The standard InChI is InChI=1S/C21H22FN3O3S2/c22-17-6-8-19(9-7-17)28-15-21-23-18(16-29-21)14-24-10-12-25(13-11-24)30(26,27)20-4-2-1-3-5-20/h1-9,16H,10-15H2. The molecule has 0 atom stereocenters. The average Bonchev–Trinajstić information content (AvgIpc) is 3.22. The van der Waals surface area contributed by atoms with Gasteiger partial charge in [-0.3, -0.25) is 4.90 Å². The number of nitrogens with zero attached hydrogens (tertiary/aromatic N) is 3. The molecule has 1 aliphatic rings. The van der Waals surface area contributed by atoms with E-state index in [9.17, 15) is 12.8 Å². The van der Waals surface area contributed by atoms with Crippen molar-refractivity contribution in [2.75, 3.05) is 26.2 Å². The van der Waals surface area contributed by atoms with E-state index in [-0.39, 0.29) is 5.82 Å². The van der Waals surface area contributed by atoms with Gasteiger partial charge >= 0.3 is 0 Å². The predicted octanol–water partition coefficient (Wildman–Crippen LogP) is 3.37. The summed E-state index contributed by atoms with van der Waals surface area (Å²) >= 11 is 1.52. The van der Waals surface area contributed by atoms with Crippen molar-refractivity contribution in [2.24, 2.45) is 0 Å². The Balaban J connectivity index is 1.28. The molecule has 0 unspecified atom stereocenters. The minimum absolute atomic E-state index is 0.296. The van der Waals surface area contributed by atoms with E-state index in [2.05, 4.69) is 9.88 Å². The molecule has 2 aromatic carbocycles. The third-order valence-corrected chi connectivity index (χ3v) is 7.66. The number of hydrogen-bond donors (Lipinski definition) is 0. The van der Waals surface area contributed by atoms with Crippen LogP contribution in [-0.2, 0) is 23.2 Å². The molecule has 0 spiro atoms. The summed E-state index contributed by atoms with van der Waals surface area (Å²) in [5, 5.41) is 2.84. The Labute approximate surface area is 179 Å². The van der Waals surface area contributed by atoms with Crippen molar-refractivity contribution >= 4 is 21.4 Å². The number of ether oxygens (including phenoxy) is 1. The Morgan fingerprint density at radius 1 is 1.00 bits per heavy atom. The first kappa shape index (κ1) is 20.9. The van der Waals surface area contributed by atoms with E-state index < -0.39 is 10.0 Å². The first-order valence-electron chi connectivity index (χ1n) is 9.60. The van der Waals surface area contributed by atoms with Gasteiger partial charge in [-0.25, -0.2) is 17.8 Å². The van der Waals surface area contributed by atoms with Crippen molar-refractivity contribution in [3.8, 4) is 5.75 Å². The molecule has 0 bridgehead atoms. The summed E-state index contributed by atoms with van der Waals surface area (Å²) in [4.78, 5) is 7.14. The van der Waals surface area contributed by atoms with Crippen molar-refractivity contribution < 1.29 is 17.5 Å². The van der Waals surface area contributed by atoms with Gasteiger partial charge in [-0.15, -0.1) is 11.3 Å². The summed E-state index contributed by atoms with van der Waals surface area (Å²) in [6.07, 6.45) is 0. The zero-order chi connectivity index (χ0) is 21.0. The molecule has 0 amide bonds. The molecule has 3 aromatic rings. The quantitative estimate of drug-likeness (QED) is 0.556. The molecule has 4 rings (SSSR count). The number of piperazine rings is 1. The molecule has 1 saturated heterocycles. The fourth-order valence-electron chi connectivity index (χ4n) is 3.26. The SMILES string of the molecule is O=S(=O)(c1ccccc1)N1CCN(Cc2csc(COc3ccc(F)cc3)n2)CC1. The molecule has 6 nitrogen and oxygen atoms in total. The molecule has 1 aliphatic heterocycles. The van der Waals surface area contributed by atoms with Crippen LogP contribution in [0.2, 0.25) is 0 Å². The number of benzene rings is 2. The van der Waals surface area contributed by atoms with E-state index in [1.54, 1.807) is 40.7 Å². The lowest BCUT2D eigenvalue weighted by molar-refractivity contribution is 0.180. The van der Waals surface area contributed by atoms with Crippen molar-refractivity contribution in [3.63, 3.8) is 0 Å². The number of thiazole rings is 1. The first-order valence-corrected chi connectivity index (χ1v) is 11.9. The molecule has 0 saturated carbocycles. The summed E-state index contributed by atoms with van der Waals surface area (Å²) in [7, 11) is -3.44. The van der Waals surface area contributed by atoms with Crippen LogP contribution in [0.1, 0.15) is 10.7 Å². The number of rotatable bonds is 7. The van der Waals surface area contributed by atoms with Crippen molar-refractivity contribution in [1.82, 2.24) is 14.2 Å². The zero-order valence-electron chi connectivity index (χ0n) is 16.3. The molecule has 2 heterocycles. The molecular weight excluding hydrogens is 425 g/mol. The Bertz CT molecular complexity index is 1060. The minimum atomic E-state index is -3.44. The van der Waals surface area contributed by atoms with Crippen LogP contribution in [0.3, 0.4) is 0 Å². The van der Waals surface area contributed by atoms with Crippen molar-refractivity contribution in [2.45, 2.75) is 18.0 Å². The highest BCUT2D eigenvalue weighted by molar-refractivity contribution is 7.89. The molecule has 0 aliphatic carbocycles. The maximum atomic E-state index is 12.9. The second-order valence-corrected chi connectivity index (χ2v) is 9.85. The summed E-state index contributed by atoms with van der Waals surface area (Å²) in [5.41, 5.74) is 0.942. The molecule has 1 fully saturated rings. The fourth-order valence-corrected chi connectivity index (χ4v) is 5.40. The molecular formula is C21H22FN3O3S2. The number of sulfonamides is 1. The summed E-state index contributed by atoms with van der Waals surface area (Å²) < 4.78 is 45.6. The van der Waals surface area contributed by atoms with Crippen LogP contribution < -0.4 is 4.74 Å². The van der Waals surface area contributed by atoms with E-state index in [1.165, 1.54) is 23.5 Å². The highest BCUT2D eigenvalue weighted by atomic mass is 32.2. The van der Waals surface area contributed by atoms with Crippen LogP contribution in [-0.4, -0.2) is 48.8 Å². The van der Waals surface area contributed by atoms with Gasteiger partial charge in [-0.1, -0.05) is 18.2 Å². The molecule has 158 valence electrons. The van der Waals surface area contributed by atoms with Gasteiger partial charge in [0.05, 0.1) is 10.6 Å². The molecule has 1 aromatic heterocycles. The van der Waals surface area contributed by atoms with Crippen LogP contribution in [0.25, 0.3) is 0 Å². The lowest BCUT2D eigenvalue weighted by Gasteiger charge is -2.33. The highest BCUT2D eigenvalue weighted by Crippen LogP contribution is 2.20. The van der Waals surface area contributed by atoms with Crippen LogP contribution in [0.4, 0.5) is 4.39 Å². The summed E-state index contributed by atoms with van der Waals surface area (Å²) in [6, 6.07) is 14.5. The van der Waals surface area contributed by atoms with Gasteiger partial charge in [-0.2, -0.15) is 4.31 Å². The third-order valence-electron chi connectivity index (χ3n) is 4.87.